The van der Waals surface area contributed by atoms with E-state index in [1.807, 2.05) is 0 Å². The van der Waals surface area contributed by atoms with Crippen LogP contribution in [-0.2, 0) is 19.3 Å². The van der Waals surface area contributed by atoms with Gasteiger partial charge < -0.3 is 5.32 Å². The molecular formula is C15H23N. The summed E-state index contributed by atoms with van der Waals surface area (Å²) in [7, 11) is 0. The van der Waals surface area contributed by atoms with Crippen molar-refractivity contribution in [3.05, 3.63) is 34.9 Å². The van der Waals surface area contributed by atoms with Crippen molar-refractivity contribution < 1.29 is 0 Å². The molecule has 0 saturated carbocycles. The molecule has 1 nitrogen and oxygen atoms in total. The third-order valence-electron chi connectivity index (χ3n) is 3.48. The Morgan fingerprint density at radius 3 is 2.75 bits per heavy atom. The van der Waals surface area contributed by atoms with E-state index in [-0.39, 0.29) is 0 Å². The maximum atomic E-state index is 3.38. The first kappa shape index (κ1) is 11.7. The molecule has 1 N–H and O–H groups in total. The summed E-state index contributed by atoms with van der Waals surface area (Å²) in [5, 5.41) is 3.38. The molecule has 0 bridgehead atoms. The van der Waals surface area contributed by atoms with Crippen LogP contribution < -0.4 is 5.32 Å². The fourth-order valence-corrected chi connectivity index (χ4v) is 2.54. The van der Waals surface area contributed by atoms with Gasteiger partial charge in [-0.1, -0.05) is 25.1 Å². The molecule has 0 heterocycles. The molecule has 0 saturated heterocycles. The van der Waals surface area contributed by atoms with Crippen molar-refractivity contribution in [1.82, 2.24) is 5.32 Å². The first-order valence-corrected chi connectivity index (χ1v) is 6.71. The van der Waals surface area contributed by atoms with Crippen LogP contribution >= 0.6 is 0 Å². The van der Waals surface area contributed by atoms with Gasteiger partial charge in [0, 0.05) is 0 Å². The van der Waals surface area contributed by atoms with Crippen LogP contribution in [0.25, 0.3) is 0 Å². The highest BCUT2D eigenvalue weighted by Crippen LogP contribution is 2.22. The molecule has 0 amide bonds. The molecule has 2 rings (SSSR count). The normalized spacial score (nSPS) is 14.8. The Balaban J connectivity index is 1.90. The average Bonchev–Trinajstić information content (AvgIpc) is 2.34. The van der Waals surface area contributed by atoms with Gasteiger partial charge in [0.05, 0.1) is 0 Å². The Hall–Kier alpha value is -0.820. The van der Waals surface area contributed by atoms with Crippen LogP contribution in [0.1, 0.15) is 42.9 Å². The number of aryl methyl sites for hydroxylation is 3. The Bertz CT molecular complexity index is 330. The summed E-state index contributed by atoms with van der Waals surface area (Å²) in [6, 6.07) is 7.13. The van der Waals surface area contributed by atoms with E-state index in [2.05, 4.69) is 30.4 Å². The Morgan fingerprint density at radius 2 is 1.94 bits per heavy atom. The summed E-state index contributed by atoms with van der Waals surface area (Å²) in [6.07, 6.45) is 7.84. The van der Waals surface area contributed by atoms with Crippen molar-refractivity contribution >= 4 is 0 Å². The summed E-state index contributed by atoms with van der Waals surface area (Å²) in [6.45, 7) is 4.40. The molecule has 16 heavy (non-hydrogen) atoms. The number of hydrogen-bond acceptors (Lipinski definition) is 1. The van der Waals surface area contributed by atoms with Crippen LogP contribution in [0.2, 0.25) is 0 Å². The van der Waals surface area contributed by atoms with E-state index in [0.29, 0.717) is 0 Å². The molecule has 1 aliphatic rings. The molecule has 1 aromatic rings. The lowest BCUT2D eigenvalue weighted by molar-refractivity contribution is 0.666. The molecule has 0 spiro atoms. The summed E-state index contributed by atoms with van der Waals surface area (Å²) in [4.78, 5) is 0. The minimum atomic E-state index is 1.09. The lowest BCUT2D eigenvalue weighted by atomic mass is 9.90. The van der Waals surface area contributed by atoms with Gasteiger partial charge in [0.2, 0.25) is 0 Å². The Kier molecular flexibility index (Phi) is 4.41. The van der Waals surface area contributed by atoms with E-state index in [9.17, 15) is 0 Å². The fourth-order valence-electron chi connectivity index (χ4n) is 2.54. The Labute approximate surface area is 99.3 Å². The van der Waals surface area contributed by atoms with E-state index in [0.717, 1.165) is 13.1 Å². The number of rotatable bonds is 5. The second kappa shape index (κ2) is 6.05. The van der Waals surface area contributed by atoms with Gasteiger partial charge in [-0.15, -0.1) is 0 Å². The van der Waals surface area contributed by atoms with Gasteiger partial charge in [-0.25, -0.2) is 0 Å². The summed E-state index contributed by atoms with van der Waals surface area (Å²) >= 11 is 0. The number of nitrogens with one attached hydrogen (secondary N) is 1. The van der Waals surface area contributed by atoms with Gasteiger partial charge >= 0.3 is 0 Å². The van der Waals surface area contributed by atoms with E-state index >= 15 is 0 Å². The smallest absolute Gasteiger partial charge is 0.00459 e. The number of benzene rings is 1. The molecule has 1 aliphatic carbocycles. The zero-order valence-corrected chi connectivity index (χ0v) is 10.4. The molecule has 0 aliphatic heterocycles. The van der Waals surface area contributed by atoms with Crippen LogP contribution in [0.15, 0.2) is 18.2 Å². The third kappa shape index (κ3) is 3.08. The van der Waals surface area contributed by atoms with Gasteiger partial charge in [0.15, 0.2) is 0 Å². The molecule has 0 aromatic heterocycles. The van der Waals surface area contributed by atoms with E-state index in [4.69, 9.17) is 0 Å². The van der Waals surface area contributed by atoms with Crippen LogP contribution in [0.3, 0.4) is 0 Å². The van der Waals surface area contributed by atoms with Crippen molar-refractivity contribution in [3.8, 4) is 0 Å². The lowest BCUT2D eigenvalue weighted by Crippen LogP contribution is -2.14. The van der Waals surface area contributed by atoms with Gasteiger partial charge in [0.1, 0.15) is 0 Å². The zero-order chi connectivity index (χ0) is 11.2. The quantitative estimate of drug-likeness (QED) is 0.747. The largest absolute Gasteiger partial charge is 0.317 e. The van der Waals surface area contributed by atoms with Crippen LogP contribution in [-0.4, -0.2) is 13.1 Å². The molecule has 1 heteroatoms. The molecule has 0 atom stereocenters. The first-order valence-electron chi connectivity index (χ1n) is 6.71. The lowest BCUT2D eigenvalue weighted by Gasteiger charge is -2.16. The summed E-state index contributed by atoms with van der Waals surface area (Å²) in [5.41, 5.74) is 4.74. The maximum absolute atomic E-state index is 3.38. The summed E-state index contributed by atoms with van der Waals surface area (Å²) in [5.74, 6) is 0. The Morgan fingerprint density at radius 1 is 1.12 bits per heavy atom. The highest BCUT2D eigenvalue weighted by molar-refractivity contribution is 5.33. The van der Waals surface area contributed by atoms with Crippen molar-refractivity contribution in [2.24, 2.45) is 0 Å². The predicted octanol–water partition coefficient (Wildman–Crippen LogP) is 3.11. The predicted molar refractivity (Wildman–Crippen MR) is 69.9 cm³/mol. The van der Waals surface area contributed by atoms with Crippen molar-refractivity contribution in [2.75, 3.05) is 13.1 Å². The second-order valence-electron chi connectivity index (χ2n) is 4.77. The number of hydrogen-bond donors (Lipinski definition) is 1. The van der Waals surface area contributed by atoms with Crippen LogP contribution in [0.5, 0.6) is 0 Å². The van der Waals surface area contributed by atoms with Crippen LogP contribution in [0, 0.1) is 0 Å². The van der Waals surface area contributed by atoms with Gasteiger partial charge in [-0.2, -0.15) is 0 Å². The molecule has 0 radical (unpaired) electrons. The topological polar surface area (TPSA) is 12.0 Å². The van der Waals surface area contributed by atoms with Gasteiger partial charge in [0.25, 0.3) is 0 Å². The molecule has 0 fully saturated rings. The minimum Gasteiger partial charge on any atom is -0.317 e. The molecule has 1 aromatic carbocycles. The minimum absolute atomic E-state index is 1.09. The SMILES string of the molecule is CCNCCCc1ccc2c(c1)CCCC2. The zero-order valence-electron chi connectivity index (χ0n) is 10.4. The monoisotopic (exact) mass is 217 g/mol. The van der Waals surface area contributed by atoms with Gasteiger partial charge in [-0.3, -0.25) is 0 Å². The second-order valence-corrected chi connectivity index (χ2v) is 4.77. The highest BCUT2D eigenvalue weighted by Gasteiger charge is 2.08. The van der Waals surface area contributed by atoms with Crippen LogP contribution in [0.4, 0.5) is 0 Å². The average molecular weight is 217 g/mol. The fraction of sp³-hybridized carbons (Fsp3) is 0.600. The first-order chi connectivity index (χ1) is 7.90. The molecule has 0 unspecified atom stereocenters. The van der Waals surface area contributed by atoms with E-state index < -0.39 is 0 Å². The highest BCUT2D eigenvalue weighted by atomic mass is 14.8. The van der Waals surface area contributed by atoms with E-state index in [1.54, 1.807) is 11.1 Å². The maximum Gasteiger partial charge on any atom is -0.00459 e. The van der Waals surface area contributed by atoms with Crippen molar-refractivity contribution in [2.45, 2.75) is 45.4 Å². The van der Waals surface area contributed by atoms with Gasteiger partial charge in [-0.05, 0) is 68.3 Å². The molecule has 88 valence electrons. The van der Waals surface area contributed by atoms with Crippen molar-refractivity contribution in [1.29, 1.82) is 0 Å². The summed E-state index contributed by atoms with van der Waals surface area (Å²) < 4.78 is 0. The number of fused-ring (bicyclic) bond motifs is 1. The standard InChI is InChI=1S/C15H23N/c1-2-16-11-5-6-13-9-10-14-7-3-4-8-15(14)12-13/h9-10,12,16H,2-8,11H2,1H3. The third-order valence-corrected chi connectivity index (χ3v) is 3.48. The van der Waals surface area contributed by atoms with Crippen molar-refractivity contribution in [3.63, 3.8) is 0 Å². The molecular weight excluding hydrogens is 194 g/mol. The van der Waals surface area contributed by atoms with E-state index in [1.165, 1.54) is 44.1 Å².